The van der Waals surface area contributed by atoms with E-state index in [1.54, 1.807) is 0 Å². The van der Waals surface area contributed by atoms with E-state index < -0.39 is 14.5 Å². The van der Waals surface area contributed by atoms with E-state index in [-0.39, 0.29) is 0 Å². The molecular formula is C11H25AlO. The summed E-state index contributed by atoms with van der Waals surface area (Å²) in [5.74, 6) is 2.33. The first-order chi connectivity index (χ1) is 6.31. The van der Waals surface area contributed by atoms with Gasteiger partial charge in [-0.25, -0.2) is 0 Å². The van der Waals surface area contributed by atoms with Crippen LogP contribution in [0.15, 0.2) is 0 Å². The van der Waals surface area contributed by atoms with Crippen LogP contribution in [0.5, 0.6) is 0 Å². The molecule has 0 saturated heterocycles. The third kappa shape index (κ3) is 10.4. The number of hydrogen-bond acceptors (Lipinski definition) is 1. The van der Waals surface area contributed by atoms with Crippen molar-refractivity contribution in [3.8, 4) is 0 Å². The lowest BCUT2D eigenvalue weighted by Crippen LogP contribution is -2.13. The van der Waals surface area contributed by atoms with Crippen molar-refractivity contribution in [3.63, 3.8) is 0 Å². The van der Waals surface area contributed by atoms with Crippen molar-refractivity contribution in [1.82, 2.24) is 0 Å². The fourth-order valence-electron chi connectivity index (χ4n) is 1.37. The van der Waals surface area contributed by atoms with Gasteiger partial charge in [-0.1, -0.05) is 57.0 Å². The molecule has 0 aromatic carbocycles. The molecule has 0 amide bonds. The Labute approximate surface area is 88.6 Å². The highest BCUT2D eigenvalue weighted by atomic mass is 27.2. The van der Waals surface area contributed by atoms with E-state index >= 15 is 0 Å². The van der Waals surface area contributed by atoms with Crippen LogP contribution >= 0.6 is 0 Å². The minimum absolute atomic E-state index is 0.776. The first-order valence-corrected chi connectivity index (χ1v) is 8.37. The molecule has 1 nitrogen and oxygen atoms in total. The van der Waals surface area contributed by atoms with Gasteiger partial charge in [0.1, 0.15) is 0 Å². The van der Waals surface area contributed by atoms with Crippen molar-refractivity contribution in [1.29, 1.82) is 0 Å². The zero-order valence-electron chi connectivity index (χ0n) is 9.64. The molecule has 78 valence electrons. The summed E-state index contributed by atoms with van der Waals surface area (Å²) in [6, 6.07) is 0. The maximum atomic E-state index is 5.80. The topological polar surface area (TPSA) is 9.23 Å². The molecule has 0 N–H and O–H groups in total. The van der Waals surface area contributed by atoms with Gasteiger partial charge in [-0.3, -0.25) is 0 Å². The number of hydrogen-bond donors (Lipinski definition) is 0. The predicted molar refractivity (Wildman–Crippen MR) is 61.4 cm³/mol. The Morgan fingerprint density at radius 2 is 1.62 bits per heavy atom. The van der Waals surface area contributed by atoms with E-state index in [1.165, 1.54) is 43.8 Å². The van der Waals surface area contributed by atoms with Gasteiger partial charge in [-0.15, -0.1) is 0 Å². The molecule has 0 unspecified atom stereocenters. The zero-order valence-corrected chi connectivity index (χ0v) is 10.8. The van der Waals surface area contributed by atoms with Gasteiger partial charge >= 0.3 is 14.5 Å². The van der Waals surface area contributed by atoms with E-state index in [0.29, 0.717) is 0 Å². The Hall–Kier alpha value is 0.492. The summed E-state index contributed by atoms with van der Waals surface area (Å²) in [7, 11) is 0. The van der Waals surface area contributed by atoms with Crippen molar-refractivity contribution < 1.29 is 3.79 Å². The second-order valence-corrected chi connectivity index (χ2v) is 6.42. The fourth-order valence-corrected chi connectivity index (χ4v) is 2.97. The summed E-state index contributed by atoms with van der Waals surface area (Å²) in [4.78, 5) is 0. The van der Waals surface area contributed by atoms with Gasteiger partial charge in [-0.05, 0) is 6.42 Å². The van der Waals surface area contributed by atoms with Gasteiger partial charge in [0.25, 0.3) is 0 Å². The van der Waals surface area contributed by atoms with Crippen molar-refractivity contribution in [3.05, 3.63) is 0 Å². The summed E-state index contributed by atoms with van der Waals surface area (Å²) < 4.78 is 5.80. The molecule has 0 fully saturated rings. The van der Waals surface area contributed by atoms with Gasteiger partial charge < -0.3 is 3.79 Å². The van der Waals surface area contributed by atoms with Crippen molar-refractivity contribution in [2.24, 2.45) is 0 Å². The molecule has 0 aliphatic rings. The van der Waals surface area contributed by atoms with Gasteiger partial charge in [-0.2, -0.15) is 0 Å². The average molecular weight is 200 g/mol. The first-order valence-electron chi connectivity index (χ1n) is 5.92. The maximum absolute atomic E-state index is 5.80. The molecule has 0 radical (unpaired) electrons. The normalized spacial score (nSPS) is 10.4. The van der Waals surface area contributed by atoms with Crippen LogP contribution in [-0.2, 0) is 3.79 Å². The smallest absolute Gasteiger partial charge is 0.457 e. The molecule has 0 rings (SSSR count). The van der Waals surface area contributed by atoms with Crippen molar-refractivity contribution >= 4 is 14.5 Å². The minimum atomic E-state index is -0.776. The van der Waals surface area contributed by atoms with Crippen LogP contribution in [0, 0.1) is 0 Å². The van der Waals surface area contributed by atoms with Crippen molar-refractivity contribution in [2.45, 2.75) is 63.4 Å². The van der Waals surface area contributed by atoms with E-state index in [0.717, 1.165) is 6.61 Å². The molecule has 0 saturated carbocycles. The Morgan fingerprint density at radius 1 is 0.923 bits per heavy atom. The van der Waals surface area contributed by atoms with Crippen LogP contribution in [0.1, 0.15) is 52.4 Å². The highest BCUT2D eigenvalue weighted by molar-refractivity contribution is 6.50. The number of rotatable bonds is 9. The van der Waals surface area contributed by atoms with Crippen LogP contribution < -0.4 is 0 Å². The Morgan fingerprint density at radius 3 is 2.23 bits per heavy atom. The third-order valence-electron chi connectivity index (χ3n) is 2.36. The molecule has 0 spiro atoms. The maximum Gasteiger partial charge on any atom is 0.457 e. The number of unbranched alkanes of at least 4 members (excludes halogenated alkanes) is 4. The lowest BCUT2D eigenvalue weighted by Gasteiger charge is -2.07. The molecule has 13 heavy (non-hydrogen) atoms. The SMILES string of the molecule is CCCCC[CH2][Al]([CH3])[O]CCCC. The van der Waals surface area contributed by atoms with Crippen LogP contribution in [0.4, 0.5) is 0 Å². The molecule has 0 atom stereocenters. The zero-order chi connectivity index (χ0) is 9.94. The van der Waals surface area contributed by atoms with Crippen molar-refractivity contribution in [2.75, 3.05) is 6.61 Å². The molecule has 0 aromatic rings. The Balaban J connectivity index is 3.05. The standard InChI is InChI=1S/C6H13.C4H9O.CH3.Al/c1-3-5-6-4-2;1-2-3-4-5;;/h1,3-6H2,2H3;2-4H2,1H3;1H3;/q;-1;;+1. The Kier molecular flexibility index (Phi) is 11.0. The molecule has 2 heteroatoms. The summed E-state index contributed by atoms with van der Waals surface area (Å²) in [6.07, 6.45) is 8.05. The van der Waals surface area contributed by atoms with Crippen LogP contribution in [-0.4, -0.2) is 21.1 Å². The van der Waals surface area contributed by atoms with Gasteiger partial charge in [0, 0.05) is 6.61 Å². The first kappa shape index (κ1) is 13.5. The minimum Gasteiger partial charge on any atom is -0.501 e. The average Bonchev–Trinajstić information content (AvgIpc) is 2.13. The lowest BCUT2D eigenvalue weighted by molar-refractivity contribution is 0.312. The Bertz CT molecular complexity index is 96.1. The molecule has 0 bridgehead atoms. The van der Waals surface area contributed by atoms with Gasteiger partial charge in [0.15, 0.2) is 0 Å². The molecule has 0 aliphatic heterocycles. The van der Waals surface area contributed by atoms with E-state index in [4.69, 9.17) is 3.79 Å². The lowest BCUT2D eigenvalue weighted by atomic mass is 10.2. The molecule has 0 heterocycles. The van der Waals surface area contributed by atoms with Crippen LogP contribution in [0.2, 0.25) is 11.1 Å². The fraction of sp³-hybridized carbons (Fsp3) is 1.00. The second kappa shape index (κ2) is 10.6. The van der Waals surface area contributed by atoms with Gasteiger partial charge in [0.05, 0.1) is 0 Å². The van der Waals surface area contributed by atoms with E-state index in [9.17, 15) is 0 Å². The summed E-state index contributed by atoms with van der Waals surface area (Å²) >= 11 is -0.776. The largest absolute Gasteiger partial charge is 0.501 e. The molecular weight excluding hydrogens is 175 g/mol. The highest BCUT2D eigenvalue weighted by Gasteiger charge is 2.11. The summed E-state index contributed by atoms with van der Waals surface area (Å²) in [6.45, 7) is 5.49. The highest BCUT2D eigenvalue weighted by Crippen LogP contribution is 2.07. The summed E-state index contributed by atoms with van der Waals surface area (Å²) in [5.41, 5.74) is 0. The second-order valence-electron chi connectivity index (χ2n) is 3.88. The molecule has 0 aliphatic carbocycles. The van der Waals surface area contributed by atoms with E-state index in [2.05, 4.69) is 19.6 Å². The van der Waals surface area contributed by atoms with Crippen LogP contribution in [0.3, 0.4) is 0 Å². The molecule has 0 aromatic heterocycles. The third-order valence-corrected chi connectivity index (χ3v) is 4.39. The van der Waals surface area contributed by atoms with Crippen LogP contribution in [0.25, 0.3) is 0 Å². The monoisotopic (exact) mass is 200 g/mol. The summed E-state index contributed by atoms with van der Waals surface area (Å²) in [5, 5.41) is 1.38. The predicted octanol–water partition coefficient (Wildman–Crippen LogP) is 4.00. The van der Waals surface area contributed by atoms with Gasteiger partial charge in [0.2, 0.25) is 0 Å². The van der Waals surface area contributed by atoms with E-state index in [1.807, 2.05) is 0 Å². The quantitative estimate of drug-likeness (QED) is 0.403.